The largest absolute Gasteiger partial charge is 0.368 e. The maximum Gasteiger partial charge on any atom is 0.250 e. The number of piperidine rings is 1. The summed E-state index contributed by atoms with van der Waals surface area (Å²) in [5.41, 5.74) is 0.0754. The Hall–Kier alpha value is -1.17. The highest BCUT2D eigenvalue weighted by Crippen LogP contribution is 2.19. The van der Waals surface area contributed by atoms with E-state index in [4.69, 9.17) is 16.3 Å². The zero-order valence-corrected chi connectivity index (χ0v) is 11.2. The zero-order valence-electron chi connectivity index (χ0n) is 10.4. The highest BCUT2D eigenvalue weighted by molar-refractivity contribution is 6.30. The molecule has 1 aromatic carbocycles. The van der Waals surface area contributed by atoms with Gasteiger partial charge in [-0.1, -0.05) is 11.6 Å². The number of benzene rings is 1. The third-order valence-corrected chi connectivity index (χ3v) is 3.17. The first-order valence-electron chi connectivity index (χ1n) is 6.22. The number of anilines is 1. The number of carbonyl (C=O) groups is 1. The SMILES string of the molecule is O=C(COC1CCNCC1)Nc1cc(Cl)ccc1F. The average molecular weight is 287 g/mol. The van der Waals surface area contributed by atoms with Gasteiger partial charge >= 0.3 is 0 Å². The second-order valence-electron chi connectivity index (χ2n) is 4.43. The molecule has 0 radical (unpaired) electrons. The van der Waals surface area contributed by atoms with Crippen molar-refractivity contribution in [3.63, 3.8) is 0 Å². The number of ether oxygens (including phenoxy) is 1. The standard InChI is InChI=1S/C13H16ClFN2O2/c14-9-1-2-11(15)12(7-9)17-13(18)8-19-10-3-5-16-6-4-10/h1-2,7,10,16H,3-6,8H2,(H,17,18). The molecule has 0 aromatic heterocycles. The lowest BCUT2D eigenvalue weighted by Gasteiger charge is -2.22. The molecule has 19 heavy (non-hydrogen) atoms. The lowest BCUT2D eigenvalue weighted by Crippen LogP contribution is -2.34. The van der Waals surface area contributed by atoms with Gasteiger partial charge in [0.2, 0.25) is 5.91 Å². The van der Waals surface area contributed by atoms with Crippen molar-refractivity contribution in [2.24, 2.45) is 0 Å². The molecular formula is C13H16ClFN2O2. The summed E-state index contributed by atoms with van der Waals surface area (Å²) < 4.78 is 18.9. The molecule has 104 valence electrons. The first kappa shape index (κ1) is 14.2. The second-order valence-corrected chi connectivity index (χ2v) is 4.87. The predicted octanol–water partition coefficient (Wildman–Crippen LogP) is 2.19. The fourth-order valence-electron chi connectivity index (χ4n) is 1.94. The molecule has 1 aliphatic rings. The number of carbonyl (C=O) groups excluding carboxylic acids is 1. The Morgan fingerprint density at radius 2 is 2.21 bits per heavy atom. The highest BCUT2D eigenvalue weighted by atomic mass is 35.5. The molecule has 1 saturated heterocycles. The van der Waals surface area contributed by atoms with Crippen molar-refractivity contribution in [3.05, 3.63) is 29.0 Å². The van der Waals surface area contributed by atoms with Crippen molar-refractivity contribution >= 4 is 23.2 Å². The Morgan fingerprint density at radius 3 is 2.95 bits per heavy atom. The highest BCUT2D eigenvalue weighted by Gasteiger charge is 2.15. The first-order valence-corrected chi connectivity index (χ1v) is 6.60. The van der Waals surface area contributed by atoms with Crippen molar-refractivity contribution in [1.29, 1.82) is 0 Å². The normalized spacial score (nSPS) is 16.3. The minimum absolute atomic E-state index is 0.0728. The molecule has 0 unspecified atom stereocenters. The van der Waals surface area contributed by atoms with Crippen LogP contribution in [0.1, 0.15) is 12.8 Å². The fourth-order valence-corrected chi connectivity index (χ4v) is 2.11. The maximum atomic E-state index is 13.4. The van der Waals surface area contributed by atoms with Crippen LogP contribution in [0.4, 0.5) is 10.1 Å². The van der Waals surface area contributed by atoms with Gasteiger partial charge in [0.1, 0.15) is 12.4 Å². The number of halogens is 2. The van der Waals surface area contributed by atoms with Gasteiger partial charge in [-0.25, -0.2) is 4.39 Å². The van der Waals surface area contributed by atoms with Gasteiger partial charge in [-0.15, -0.1) is 0 Å². The van der Waals surface area contributed by atoms with Crippen LogP contribution in [-0.4, -0.2) is 31.7 Å². The third kappa shape index (κ3) is 4.45. The van der Waals surface area contributed by atoms with Gasteiger partial charge in [-0.3, -0.25) is 4.79 Å². The number of rotatable bonds is 4. The summed E-state index contributed by atoms with van der Waals surface area (Å²) >= 11 is 5.74. The summed E-state index contributed by atoms with van der Waals surface area (Å²) in [5.74, 6) is -0.890. The molecule has 0 aliphatic carbocycles. The Balaban J connectivity index is 1.81. The lowest BCUT2D eigenvalue weighted by atomic mass is 10.1. The Morgan fingerprint density at radius 1 is 1.47 bits per heavy atom. The molecule has 1 aliphatic heterocycles. The maximum absolute atomic E-state index is 13.4. The van der Waals surface area contributed by atoms with E-state index in [9.17, 15) is 9.18 Å². The number of amides is 1. The van der Waals surface area contributed by atoms with Crippen LogP contribution >= 0.6 is 11.6 Å². The van der Waals surface area contributed by atoms with E-state index < -0.39 is 5.82 Å². The third-order valence-electron chi connectivity index (χ3n) is 2.94. The van der Waals surface area contributed by atoms with Gasteiger partial charge in [0.25, 0.3) is 0 Å². The van der Waals surface area contributed by atoms with E-state index in [0.717, 1.165) is 25.9 Å². The van der Waals surface area contributed by atoms with Crippen LogP contribution in [0.5, 0.6) is 0 Å². The van der Waals surface area contributed by atoms with Gasteiger partial charge in [0.15, 0.2) is 0 Å². The molecule has 0 atom stereocenters. The Kier molecular flexibility index (Phi) is 5.13. The van der Waals surface area contributed by atoms with Crippen LogP contribution in [0.3, 0.4) is 0 Å². The lowest BCUT2D eigenvalue weighted by molar-refractivity contribution is -0.123. The number of nitrogens with one attached hydrogen (secondary N) is 2. The quantitative estimate of drug-likeness (QED) is 0.892. The molecule has 1 aromatic rings. The molecule has 1 heterocycles. The monoisotopic (exact) mass is 286 g/mol. The van der Waals surface area contributed by atoms with E-state index >= 15 is 0 Å². The van der Waals surface area contributed by atoms with Crippen LogP contribution in [0.25, 0.3) is 0 Å². The first-order chi connectivity index (χ1) is 9.15. The Bertz CT molecular complexity index is 450. The molecule has 1 amide bonds. The van der Waals surface area contributed by atoms with Crippen molar-refractivity contribution in [2.75, 3.05) is 25.0 Å². The van der Waals surface area contributed by atoms with Crippen LogP contribution in [0.15, 0.2) is 18.2 Å². The van der Waals surface area contributed by atoms with Crippen LogP contribution < -0.4 is 10.6 Å². The van der Waals surface area contributed by atoms with Gasteiger partial charge in [0, 0.05) is 5.02 Å². The number of hydrogen-bond acceptors (Lipinski definition) is 3. The van der Waals surface area contributed by atoms with Gasteiger partial charge in [-0.05, 0) is 44.1 Å². The van der Waals surface area contributed by atoms with Crippen molar-refractivity contribution in [1.82, 2.24) is 5.32 Å². The van der Waals surface area contributed by atoms with Gasteiger partial charge in [0.05, 0.1) is 11.8 Å². The van der Waals surface area contributed by atoms with Crippen LogP contribution in [0.2, 0.25) is 5.02 Å². The minimum atomic E-state index is -0.514. The summed E-state index contributed by atoms with van der Waals surface area (Å²) in [7, 11) is 0. The average Bonchev–Trinajstić information content (AvgIpc) is 2.42. The van der Waals surface area contributed by atoms with Crippen LogP contribution in [-0.2, 0) is 9.53 Å². The summed E-state index contributed by atoms with van der Waals surface area (Å²) in [4.78, 5) is 11.7. The molecule has 4 nitrogen and oxygen atoms in total. The molecule has 2 N–H and O–H groups in total. The summed E-state index contributed by atoms with van der Waals surface area (Å²) in [6.07, 6.45) is 1.87. The number of hydrogen-bond donors (Lipinski definition) is 2. The second kappa shape index (κ2) is 6.84. The van der Waals surface area contributed by atoms with E-state index in [1.807, 2.05) is 0 Å². The van der Waals surface area contributed by atoms with E-state index in [1.54, 1.807) is 0 Å². The molecule has 0 saturated carbocycles. The Labute approximate surface area is 116 Å². The minimum Gasteiger partial charge on any atom is -0.368 e. The van der Waals surface area contributed by atoms with Gasteiger partial charge < -0.3 is 15.4 Å². The summed E-state index contributed by atoms with van der Waals surface area (Å²) in [6, 6.07) is 4.02. The molecular weight excluding hydrogens is 271 g/mol. The molecule has 2 rings (SSSR count). The topological polar surface area (TPSA) is 50.4 Å². The fraction of sp³-hybridized carbons (Fsp3) is 0.462. The van der Waals surface area contributed by atoms with E-state index in [1.165, 1.54) is 18.2 Å². The van der Waals surface area contributed by atoms with Crippen molar-refractivity contribution < 1.29 is 13.9 Å². The smallest absolute Gasteiger partial charge is 0.250 e. The van der Waals surface area contributed by atoms with E-state index in [2.05, 4.69) is 10.6 Å². The predicted molar refractivity (Wildman–Crippen MR) is 71.9 cm³/mol. The van der Waals surface area contributed by atoms with E-state index in [-0.39, 0.29) is 24.3 Å². The molecule has 1 fully saturated rings. The van der Waals surface area contributed by atoms with Crippen molar-refractivity contribution in [3.8, 4) is 0 Å². The van der Waals surface area contributed by atoms with Crippen LogP contribution in [0, 0.1) is 5.82 Å². The summed E-state index contributed by atoms with van der Waals surface area (Å²) in [5, 5.41) is 6.03. The molecule has 0 spiro atoms. The molecule has 6 heteroatoms. The summed E-state index contributed by atoms with van der Waals surface area (Å²) in [6.45, 7) is 1.72. The zero-order chi connectivity index (χ0) is 13.7. The van der Waals surface area contributed by atoms with E-state index in [0.29, 0.717) is 5.02 Å². The van der Waals surface area contributed by atoms with Gasteiger partial charge in [-0.2, -0.15) is 0 Å². The molecule has 0 bridgehead atoms. The van der Waals surface area contributed by atoms with Crippen molar-refractivity contribution in [2.45, 2.75) is 18.9 Å².